The Labute approximate surface area is 104 Å². The zero-order valence-electron chi connectivity index (χ0n) is 9.36. The molecule has 0 unspecified atom stereocenters. The van der Waals surface area contributed by atoms with Gasteiger partial charge < -0.3 is 9.15 Å². The van der Waals surface area contributed by atoms with Crippen molar-refractivity contribution in [1.29, 1.82) is 0 Å². The molecule has 0 aliphatic carbocycles. The van der Waals surface area contributed by atoms with E-state index in [0.29, 0.717) is 30.0 Å². The predicted molar refractivity (Wildman–Crippen MR) is 62.8 cm³/mol. The lowest BCUT2D eigenvalue weighted by atomic mass is 10.1. The Bertz CT molecular complexity index is 566. The number of hydrogen-bond donors (Lipinski definition) is 0. The van der Waals surface area contributed by atoms with Crippen molar-refractivity contribution < 1.29 is 9.15 Å². The molecular weight excluding hydrogens is 240 g/mol. The van der Waals surface area contributed by atoms with Gasteiger partial charge in [-0.05, 0) is 19.1 Å². The van der Waals surface area contributed by atoms with Crippen LogP contribution in [0.4, 0.5) is 0 Å². The summed E-state index contributed by atoms with van der Waals surface area (Å²) in [4.78, 5) is 8.74. The van der Waals surface area contributed by atoms with Gasteiger partial charge in [0, 0.05) is 12.0 Å². The molecule has 88 valence electrons. The van der Waals surface area contributed by atoms with Gasteiger partial charge in [-0.3, -0.25) is 0 Å². The first-order valence-electron chi connectivity index (χ1n) is 5.44. The maximum atomic E-state index is 6.13. The van der Waals surface area contributed by atoms with Crippen LogP contribution in [0.5, 0.6) is 0 Å². The van der Waals surface area contributed by atoms with Crippen molar-refractivity contribution in [2.45, 2.75) is 20.0 Å². The van der Waals surface area contributed by atoms with Gasteiger partial charge in [0.2, 0.25) is 0 Å². The second kappa shape index (κ2) is 4.13. The fourth-order valence-electron chi connectivity index (χ4n) is 1.86. The molecule has 17 heavy (non-hydrogen) atoms. The standard InChI is InChI=1S/C12H11ClN2O2/c1-7-2-3-10(17-7)12-14-9-4-5-16-6-8(9)11(13)15-12/h2-3H,4-6H2,1H3. The molecule has 1 aliphatic heterocycles. The third-order valence-corrected chi connectivity index (χ3v) is 3.05. The van der Waals surface area contributed by atoms with E-state index in [1.807, 2.05) is 19.1 Å². The van der Waals surface area contributed by atoms with E-state index in [1.54, 1.807) is 0 Å². The molecule has 3 rings (SSSR count). The number of fused-ring (bicyclic) bond motifs is 1. The molecule has 0 atom stereocenters. The average Bonchev–Trinajstić information content (AvgIpc) is 2.76. The number of aromatic nitrogens is 2. The highest BCUT2D eigenvalue weighted by Crippen LogP contribution is 2.26. The molecule has 0 radical (unpaired) electrons. The summed E-state index contributed by atoms with van der Waals surface area (Å²) in [5, 5.41) is 0.457. The summed E-state index contributed by atoms with van der Waals surface area (Å²) < 4.78 is 10.8. The Morgan fingerprint density at radius 2 is 2.18 bits per heavy atom. The molecule has 2 aromatic rings. The molecule has 0 fully saturated rings. The fraction of sp³-hybridized carbons (Fsp3) is 0.333. The molecule has 3 heterocycles. The van der Waals surface area contributed by atoms with Crippen LogP contribution in [-0.2, 0) is 17.8 Å². The fourth-order valence-corrected chi connectivity index (χ4v) is 2.10. The molecule has 0 spiro atoms. The van der Waals surface area contributed by atoms with Crippen LogP contribution in [0, 0.1) is 6.92 Å². The smallest absolute Gasteiger partial charge is 0.197 e. The molecule has 4 nitrogen and oxygen atoms in total. The number of furan rings is 1. The van der Waals surface area contributed by atoms with Crippen molar-refractivity contribution in [3.63, 3.8) is 0 Å². The van der Waals surface area contributed by atoms with E-state index in [2.05, 4.69) is 9.97 Å². The van der Waals surface area contributed by atoms with Crippen LogP contribution in [-0.4, -0.2) is 16.6 Å². The van der Waals surface area contributed by atoms with Gasteiger partial charge in [-0.15, -0.1) is 0 Å². The number of halogens is 1. The largest absolute Gasteiger partial charge is 0.458 e. The highest BCUT2D eigenvalue weighted by atomic mass is 35.5. The average molecular weight is 251 g/mol. The lowest BCUT2D eigenvalue weighted by Gasteiger charge is -2.16. The Morgan fingerprint density at radius 3 is 2.94 bits per heavy atom. The first kappa shape index (κ1) is 10.7. The van der Waals surface area contributed by atoms with Gasteiger partial charge in [-0.2, -0.15) is 0 Å². The molecule has 5 heteroatoms. The summed E-state index contributed by atoms with van der Waals surface area (Å²) in [6.45, 7) is 3.06. The summed E-state index contributed by atoms with van der Waals surface area (Å²) in [6, 6.07) is 3.74. The highest BCUT2D eigenvalue weighted by molar-refractivity contribution is 6.30. The van der Waals surface area contributed by atoms with Crippen LogP contribution in [0.3, 0.4) is 0 Å². The minimum Gasteiger partial charge on any atom is -0.458 e. The second-order valence-electron chi connectivity index (χ2n) is 3.98. The molecule has 1 aliphatic rings. The van der Waals surface area contributed by atoms with Crippen LogP contribution < -0.4 is 0 Å². The number of rotatable bonds is 1. The summed E-state index contributed by atoms with van der Waals surface area (Å²) in [6.07, 6.45) is 0.768. The number of ether oxygens (including phenoxy) is 1. The minimum absolute atomic E-state index is 0.457. The van der Waals surface area contributed by atoms with Gasteiger partial charge >= 0.3 is 0 Å². The van der Waals surface area contributed by atoms with Crippen molar-refractivity contribution in [3.05, 3.63) is 34.3 Å². The van der Waals surface area contributed by atoms with E-state index < -0.39 is 0 Å². The van der Waals surface area contributed by atoms with Crippen molar-refractivity contribution in [2.75, 3.05) is 6.61 Å². The minimum atomic E-state index is 0.457. The van der Waals surface area contributed by atoms with Gasteiger partial charge in [0.25, 0.3) is 0 Å². The van der Waals surface area contributed by atoms with Gasteiger partial charge in [0.05, 0.1) is 18.9 Å². The Balaban J connectivity index is 2.10. The molecule has 0 amide bonds. The lowest BCUT2D eigenvalue weighted by molar-refractivity contribution is 0.109. The van der Waals surface area contributed by atoms with Crippen LogP contribution >= 0.6 is 11.6 Å². The monoisotopic (exact) mass is 250 g/mol. The van der Waals surface area contributed by atoms with Gasteiger partial charge in [0.1, 0.15) is 10.9 Å². The van der Waals surface area contributed by atoms with Crippen molar-refractivity contribution >= 4 is 11.6 Å². The zero-order chi connectivity index (χ0) is 11.8. The van der Waals surface area contributed by atoms with E-state index in [4.69, 9.17) is 20.8 Å². The van der Waals surface area contributed by atoms with Crippen molar-refractivity contribution in [2.24, 2.45) is 0 Å². The molecule has 0 bridgehead atoms. The quantitative estimate of drug-likeness (QED) is 0.731. The lowest BCUT2D eigenvalue weighted by Crippen LogP contribution is -2.14. The number of nitrogens with zero attached hydrogens (tertiary/aromatic N) is 2. The Hall–Kier alpha value is -1.39. The molecule has 0 aromatic carbocycles. The molecular formula is C12H11ClN2O2. The van der Waals surface area contributed by atoms with E-state index >= 15 is 0 Å². The SMILES string of the molecule is Cc1ccc(-c2nc(Cl)c3c(n2)CCOC3)o1. The van der Waals surface area contributed by atoms with Crippen molar-refractivity contribution in [3.8, 4) is 11.6 Å². The van der Waals surface area contributed by atoms with E-state index in [-0.39, 0.29) is 0 Å². The topological polar surface area (TPSA) is 48.2 Å². The highest BCUT2D eigenvalue weighted by Gasteiger charge is 2.18. The molecule has 0 N–H and O–H groups in total. The van der Waals surface area contributed by atoms with Gasteiger partial charge in [-0.1, -0.05) is 11.6 Å². The van der Waals surface area contributed by atoms with E-state index in [0.717, 1.165) is 23.4 Å². The van der Waals surface area contributed by atoms with Gasteiger partial charge in [0.15, 0.2) is 11.6 Å². The molecule has 2 aromatic heterocycles. The predicted octanol–water partition coefficient (Wildman–Crippen LogP) is 2.77. The van der Waals surface area contributed by atoms with Crippen LogP contribution in [0.1, 0.15) is 17.0 Å². The first-order valence-corrected chi connectivity index (χ1v) is 5.81. The number of hydrogen-bond acceptors (Lipinski definition) is 4. The summed E-state index contributed by atoms with van der Waals surface area (Å²) in [5.74, 6) is 2.03. The van der Waals surface area contributed by atoms with Crippen LogP contribution in [0.25, 0.3) is 11.6 Å². The Morgan fingerprint density at radius 1 is 1.29 bits per heavy atom. The Kier molecular flexibility index (Phi) is 2.61. The number of aryl methyl sites for hydroxylation is 1. The molecule has 0 saturated heterocycles. The van der Waals surface area contributed by atoms with E-state index in [1.165, 1.54) is 0 Å². The molecule has 0 saturated carbocycles. The van der Waals surface area contributed by atoms with Crippen LogP contribution in [0.15, 0.2) is 16.5 Å². The second-order valence-corrected chi connectivity index (χ2v) is 4.33. The third kappa shape index (κ3) is 1.94. The summed E-state index contributed by atoms with van der Waals surface area (Å²) >= 11 is 6.13. The zero-order valence-corrected chi connectivity index (χ0v) is 10.1. The maximum absolute atomic E-state index is 6.13. The van der Waals surface area contributed by atoms with Crippen LogP contribution in [0.2, 0.25) is 5.15 Å². The third-order valence-electron chi connectivity index (χ3n) is 2.73. The normalized spacial score (nSPS) is 14.7. The summed E-state index contributed by atoms with van der Waals surface area (Å²) in [5.41, 5.74) is 1.85. The van der Waals surface area contributed by atoms with Crippen molar-refractivity contribution in [1.82, 2.24) is 9.97 Å². The summed E-state index contributed by atoms with van der Waals surface area (Å²) in [7, 11) is 0. The van der Waals surface area contributed by atoms with Gasteiger partial charge in [-0.25, -0.2) is 9.97 Å². The maximum Gasteiger partial charge on any atom is 0.197 e. The first-order chi connectivity index (χ1) is 8.24. The van der Waals surface area contributed by atoms with E-state index in [9.17, 15) is 0 Å².